The van der Waals surface area contributed by atoms with Gasteiger partial charge in [0.1, 0.15) is 6.61 Å². The topological polar surface area (TPSA) is 97.6 Å². The molecule has 6 rings (SSSR count). The summed E-state index contributed by atoms with van der Waals surface area (Å²) in [5.74, 6) is 1.29. The van der Waals surface area contributed by atoms with Gasteiger partial charge >= 0.3 is 5.97 Å². The minimum absolute atomic E-state index is 0.0815. The fraction of sp³-hybridized carbons (Fsp3) is 0.256. The number of fused-ring (bicyclic) bond motifs is 2. The molecule has 2 heterocycles. The predicted octanol–water partition coefficient (Wildman–Crippen LogP) is 6.99. The number of hydrogen-bond donors (Lipinski definition) is 0. The molecule has 258 valence electrons. The van der Waals surface area contributed by atoms with Crippen LogP contribution in [0.25, 0.3) is 16.8 Å². The van der Waals surface area contributed by atoms with Crippen molar-refractivity contribution < 1.29 is 28.5 Å². The Bertz CT molecular complexity index is 2310. The number of esters is 1. The number of methoxy groups -OCH3 is 2. The van der Waals surface area contributed by atoms with Crippen LogP contribution >= 0.6 is 22.9 Å². The molecule has 9 nitrogen and oxygen atoms in total. The summed E-state index contributed by atoms with van der Waals surface area (Å²) in [7, 11) is 3.09. The minimum Gasteiger partial charge on any atom is -0.493 e. The van der Waals surface area contributed by atoms with Gasteiger partial charge in [0.25, 0.3) is 5.56 Å². The SMILES string of the molecule is CCOC(=O)C1=C(C)N=c2s/c(=C\c3cc(Cl)c(OCc4ccc5ccccc5c4)c(OC)c3)c(=O)n2[C@H]1c1ccc(OC(C)C)c(OC)c1. The smallest absolute Gasteiger partial charge is 0.338 e. The fourth-order valence-electron chi connectivity index (χ4n) is 5.91. The molecule has 11 heteroatoms. The quantitative estimate of drug-likeness (QED) is 0.136. The van der Waals surface area contributed by atoms with Crippen molar-refractivity contribution in [2.45, 2.75) is 46.4 Å². The first-order valence-electron chi connectivity index (χ1n) is 16.1. The Morgan fingerprint density at radius 3 is 2.46 bits per heavy atom. The number of hydrogen-bond acceptors (Lipinski definition) is 9. The molecule has 0 unspecified atom stereocenters. The Morgan fingerprint density at radius 2 is 1.74 bits per heavy atom. The molecule has 1 aliphatic rings. The standard InChI is InChI=1S/C39H37ClN2O7S/c1-7-47-38(44)34-23(4)41-39-42(35(34)28-14-15-30(49-22(2)3)31(20-28)45-5)37(43)33(50-39)19-25-17-29(40)36(32(18-25)46-6)48-21-24-12-13-26-10-8-9-11-27(26)16-24/h8-20,22,35H,7,21H2,1-6H3/b33-19-/t35-/m0/s1. The van der Waals surface area contributed by atoms with Gasteiger partial charge in [-0.1, -0.05) is 65.4 Å². The second-order valence-corrected chi connectivity index (χ2v) is 13.3. The van der Waals surface area contributed by atoms with Crippen LogP contribution in [0, 0.1) is 0 Å². The van der Waals surface area contributed by atoms with Crippen LogP contribution in [-0.2, 0) is 16.1 Å². The number of halogens is 1. The molecule has 0 aliphatic carbocycles. The summed E-state index contributed by atoms with van der Waals surface area (Å²) >= 11 is 7.97. The highest BCUT2D eigenvalue weighted by atomic mass is 35.5. The number of benzene rings is 4. The molecular weight excluding hydrogens is 676 g/mol. The number of nitrogens with zero attached hydrogens (tertiary/aromatic N) is 2. The average Bonchev–Trinajstić information content (AvgIpc) is 3.40. The summed E-state index contributed by atoms with van der Waals surface area (Å²) < 4.78 is 30.7. The highest BCUT2D eigenvalue weighted by Crippen LogP contribution is 2.38. The van der Waals surface area contributed by atoms with E-state index in [1.165, 1.54) is 23.0 Å². The van der Waals surface area contributed by atoms with Crippen LogP contribution in [0.2, 0.25) is 5.02 Å². The molecule has 1 atom stereocenters. The van der Waals surface area contributed by atoms with Crippen LogP contribution < -0.4 is 33.8 Å². The molecule has 0 saturated carbocycles. The van der Waals surface area contributed by atoms with E-state index < -0.39 is 12.0 Å². The zero-order chi connectivity index (χ0) is 35.5. The maximum atomic E-state index is 14.2. The van der Waals surface area contributed by atoms with E-state index in [1.807, 2.05) is 38.1 Å². The molecule has 0 radical (unpaired) electrons. The number of allylic oxidation sites excluding steroid dienone is 1. The Kier molecular flexibility index (Phi) is 10.3. The monoisotopic (exact) mass is 712 g/mol. The van der Waals surface area contributed by atoms with Crippen molar-refractivity contribution in [2.75, 3.05) is 20.8 Å². The third-order valence-corrected chi connectivity index (χ3v) is 9.39. The molecule has 0 saturated heterocycles. The van der Waals surface area contributed by atoms with Gasteiger partial charge in [-0.3, -0.25) is 9.36 Å². The number of carbonyl (C=O) groups excluding carboxylic acids is 1. The summed E-state index contributed by atoms with van der Waals surface area (Å²) in [5, 5.41) is 2.60. The lowest BCUT2D eigenvalue weighted by Gasteiger charge is -2.25. The third kappa shape index (κ3) is 6.99. The van der Waals surface area contributed by atoms with Crippen molar-refractivity contribution in [3.8, 4) is 23.0 Å². The van der Waals surface area contributed by atoms with Crippen LogP contribution in [-0.4, -0.2) is 37.5 Å². The number of rotatable bonds is 11. The lowest BCUT2D eigenvalue weighted by Crippen LogP contribution is -2.40. The zero-order valence-corrected chi connectivity index (χ0v) is 30.2. The van der Waals surface area contributed by atoms with Gasteiger partial charge in [0.15, 0.2) is 27.8 Å². The van der Waals surface area contributed by atoms with Gasteiger partial charge in [0.05, 0.1) is 53.8 Å². The van der Waals surface area contributed by atoms with Crippen molar-refractivity contribution in [3.05, 3.63) is 125 Å². The van der Waals surface area contributed by atoms with Gasteiger partial charge in [-0.05, 0) is 91.6 Å². The van der Waals surface area contributed by atoms with E-state index in [0.29, 0.717) is 54.2 Å². The van der Waals surface area contributed by atoms with Crippen LogP contribution in [0.4, 0.5) is 0 Å². The summed E-state index contributed by atoms with van der Waals surface area (Å²) in [6.45, 7) is 7.78. The second-order valence-electron chi connectivity index (χ2n) is 11.9. The third-order valence-electron chi connectivity index (χ3n) is 8.13. The predicted molar refractivity (Wildman–Crippen MR) is 195 cm³/mol. The van der Waals surface area contributed by atoms with Gasteiger partial charge in [-0.2, -0.15) is 0 Å². The molecule has 4 aromatic carbocycles. The van der Waals surface area contributed by atoms with Crippen LogP contribution in [0.15, 0.2) is 93.9 Å². The summed E-state index contributed by atoms with van der Waals surface area (Å²) in [5.41, 5.74) is 2.65. The molecule has 0 fully saturated rings. The van der Waals surface area contributed by atoms with Crippen molar-refractivity contribution in [1.82, 2.24) is 4.57 Å². The number of thiazole rings is 1. The Labute approximate surface area is 298 Å². The Balaban J connectivity index is 1.39. The summed E-state index contributed by atoms with van der Waals surface area (Å²) in [4.78, 5) is 32.7. The van der Waals surface area contributed by atoms with Crippen LogP contribution in [0.5, 0.6) is 23.0 Å². The van der Waals surface area contributed by atoms with E-state index in [2.05, 4.69) is 29.3 Å². The molecular formula is C39H37ClN2O7S. The zero-order valence-electron chi connectivity index (χ0n) is 28.6. The van der Waals surface area contributed by atoms with E-state index in [0.717, 1.165) is 16.3 Å². The second kappa shape index (κ2) is 14.8. The highest BCUT2D eigenvalue weighted by molar-refractivity contribution is 7.07. The van der Waals surface area contributed by atoms with Crippen molar-refractivity contribution in [3.63, 3.8) is 0 Å². The van der Waals surface area contributed by atoms with Crippen molar-refractivity contribution in [1.29, 1.82) is 0 Å². The molecule has 1 aromatic heterocycles. The average molecular weight is 713 g/mol. The molecule has 50 heavy (non-hydrogen) atoms. The largest absolute Gasteiger partial charge is 0.493 e. The normalized spacial score (nSPS) is 14.4. The lowest BCUT2D eigenvalue weighted by molar-refractivity contribution is -0.139. The van der Waals surface area contributed by atoms with E-state index in [9.17, 15) is 9.59 Å². The molecule has 0 N–H and O–H groups in total. The van der Waals surface area contributed by atoms with Gasteiger partial charge in [0.2, 0.25) is 0 Å². The van der Waals surface area contributed by atoms with E-state index in [1.54, 1.807) is 51.3 Å². The number of aromatic nitrogens is 1. The first kappa shape index (κ1) is 34.8. The van der Waals surface area contributed by atoms with Crippen LogP contribution in [0.1, 0.15) is 50.4 Å². The molecule has 0 spiro atoms. The van der Waals surface area contributed by atoms with E-state index in [-0.39, 0.29) is 30.5 Å². The van der Waals surface area contributed by atoms with Gasteiger partial charge in [0, 0.05) is 0 Å². The van der Waals surface area contributed by atoms with Crippen molar-refractivity contribution in [2.24, 2.45) is 4.99 Å². The first-order valence-corrected chi connectivity index (χ1v) is 17.3. The summed E-state index contributed by atoms with van der Waals surface area (Å²) in [6, 6.07) is 22.3. The highest BCUT2D eigenvalue weighted by Gasteiger charge is 2.34. The van der Waals surface area contributed by atoms with Gasteiger partial charge < -0.3 is 23.7 Å². The lowest BCUT2D eigenvalue weighted by atomic mass is 9.95. The fourth-order valence-corrected chi connectivity index (χ4v) is 7.23. The molecule has 0 amide bonds. The molecule has 1 aliphatic heterocycles. The van der Waals surface area contributed by atoms with E-state index in [4.69, 9.17) is 35.3 Å². The van der Waals surface area contributed by atoms with Crippen molar-refractivity contribution >= 4 is 45.8 Å². The first-order chi connectivity index (χ1) is 24.1. The number of carbonyl (C=O) groups is 1. The van der Waals surface area contributed by atoms with Gasteiger partial charge in [-0.25, -0.2) is 9.79 Å². The maximum absolute atomic E-state index is 14.2. The minimum atomic E-state index is -0.821. The maximum Gasteiger partial charge on any atom is 0.338 e. The van der Waals surface area contributed by atoms with Crippen LogP contribution in [0.3, 0.4) is 0 Å². The Hall–Kier alpha value is -5.06. The van der Waals surface area contributed by atoms with E-state index >= 15 is 0 Å². The molecule has 5 aromatic rings. The number of ether oxygens (including phenoxy) is 5. The Morgan fingerprint density at radius 1 is 0.980 bits per heavy atom. The van der Waals surface area contributed by atoms with Gasteiger partial charge in [-0.15, -0.1) is 0 Å². The summed E-state index contributed by atoms with van der Waals surface area (Å²) in [6.07, 6.45) is 1.65. The molecule has 0 bridgehead atoms.